The first kappa shape index (κ1) is 16.0. The highest BCUT2D eigenvalue weighted by atomic mass is 79.9. The highest BCUT2D eigenvalue weighted by Crippen LogP contribution is 2.31. The molecule has 0 bridgehead atoms. The Bertz CT molecular complexity index is 621. The molecule has 1 amide bonds. The second kappa shape index (κ2) is 7.09. The minimum absolute atomic E-state index is 0.0819. The maximum Gasteiger partial charge on any atom is 0.246 e. The van der Waals surface area contributed by atoms with Gasteiger partial charge in [0.25, 0.3) is 0 Å². The van der Waals surface area contributed by atoms with Crippen LogP contribution in [0.1, 0.15) is 12.5 Å². The molecule has 0 aliphatic heterocycles. The van der Waals surface area contributed by atoms with Gasteiger partial charge < -0.3 is 10.6 Å². The van der Waals surface area contributed by atoms with E-state index in [1.165, 1.54) is 0 Å². The van der Waals surface area contributed by atoms with E-state index in [9.17, 15) is 4.79 Å². The first-order valence-corrected chi connectivity index (χ1v) is 8.14. The van der Waals surface area contributed by atoms with Crippen LogP contribution < -0.4 is 10.6 Å². The van der Waals surface area contributed by atoms with Crippen LogP contribution in [0, 0.1) is 6.92 Å². The van der Waals surface area contributed by atoms with Crippen molar-refractivity contribution in [1.82, 2.24) is 0 Å². The van der Waals surface area contributed by atoms with Gasteiger partial charge in [0.15, 0.2) is 0 Å². The average molecular weight is 412 g/mol. The van der Waals surface area contributed by atoms with Gasteiger partial charge in [0, 0.05) is 14.6 Å². The summed E-state index contributed by atoms with van der Waals surface area (Å²) in [6.07, 6.45) is 0. The normalized spacial score (nSPS) is 11.8. The van der Waals surface area contributed by atoms with Crippen LogP contribution in [-0.4, -0.2) is 11.9 Å². The molecule has 110 valence electrons. The summed E-state index contributed by atoms with van der Waals surface area (Å²) in [4.78, 5) is 12.2. The van der Waals surface area contributed by atoms with E-state index in [0.717, 1.165) is 25.9 Å². The van der Waals surface area contributed by atoms with Gasteiger partial charge in [-0.2, -0.15) is 0 Å². The number of benzene rings is 2. The monoisotopic (exact) mass is 410 g/mol. The van der Waals surface area contributed by atoms with Crippen LogP contribution in [0.3, 0.4) is 0 Å². The molecule has 2 rings (SSSR count). The van der Waals surface area contributed by atoms with Gasteiger partial charge in [-0.05, 0) is 70.0 Å². The minimum atomic E-state index is -0.360. The number of rotatable bonds is 4. The zero-order valence-corrected chi connectivity index (χ0v) is 15.0. The molecule has 0 heterocycles. The van der Waals surface area contributed by atoms with Crippen LogP contribution in [0.2, 0.25) is 0 Å². The van der Waals surface area contributed by atoms with Crippen molar-refractivity contribution < 1.29 is 4.79 Å². The van der Waals surface area contributed by atoms with Gasteiger partial charge in [0.05, 0.1) is 5.69 Å². The molecule has 0 saturated carbocycles. The molecule has 2 aromatic carbocycles. The molecule has 2 aromatic rings. The van der Waals surface area contributed by atoms with E-state index in [1.54, 1.807) is 0 Å². The summed E-state index contributed by atoms with van der Waals surface area (Å²) in [6, 6.07) is 13.2. The van der Waals surface area contributed by atoms with Gasteiger partial charge >= 0.3 is 0 Å². The quantitative estimate of drug-likeness (QED) is 0.746. The first-order valence-electron chi connectivity index (χ1n) is 6.55. The molecule has 0 aliphatic rings. The molecule has 5 heteroatoms. The van der Waals surface area contributed by atoms with Crippen molar-refractivity contribution in [2.75, 3.05) is 10.6 Å². The van der Waals surface area contributed by atoms with E-state index < -0.39 is 0 Å². The third-order valence-electron chi connectivity index (χ3n) is 3.04. The standard InChI is InChI=1S/C16H16Br2N2O/c1-10-6-8-12(9-7-10)20-16(21)11(2)19-15-13(17)4-3-5-14(15)18/h3-9,11,19H,1-2H3,(H,20,21). The number of amides is 1. The molecule has 0 aliphatic carbocycles. The summed E-state index contributed by atoms with van der Waals surface area (Å²) in [5.74, 6) is -0.0819. The van der Waals surface area contributed by atoms with Gasteiger partial charge in [-0.1, -0.05) is 23.8 Å². The maximum atomic E-state index is 12.2. The molecule has 3 nitrogen and oxygen atoms in total. The Morgan fingerprint density at radius 1 is 1.05 bits per heavy atom. The van der Waals surface area contributed by atoms with Crippen LogP contribution in [0.25, 0.3) is 0 Å². The number of hydrogen-bond acceptors (Lipinski definition) is 2. The second-order valence-electron chi connectivity index (χ2n) is 4.82. The number of para-hydroxylation sites is 1. The number of hydrogen-bond donors (Lipinski definition) is 2. The van der Waals surface area contributed by atoms with Crippen molar-refractivity contribution in [3.8, 4) is 0 Å². The Hall–Kier alpha value is -1.33. The predicted molar refractivity (Wildman–Crippen MR) is 94.7 cm³/mol. The lowest BCUT2D eigenvalue weighted by atomic mass is 10.2. The third-order valence-corrected chi connectivity index (χ3v) is 4.36. The molecule has 0 spiro atoms. The van der Waals surface area contributed by atoms with Gasteiger partial charge in [-0.3, -0.25) is 4.79 Å². The van der Waals surface area contributed by atoms with Crippen molar-refractivity contribution in [3.63, 3.8) is 0 Å². The predicted octanol–water partition coefficient (Wildman–Crippen LogP) is 4.96. The summed E-state index contributed by atoms with van der Waals surface area (Å²) in [6.45, 7) is 3.84. The molecule has 2 N–H and O–H groups in total. The Morgan fingerprint density at radius 3 is 2.19 bits per heavy atom. The maximum absolute atomic E-state index is 12.2. The Labute approximate surface area is 141 Å². The van der Waals surface area contributed by atoms with E-state index in [0.29, 0.717) is 0 Å². The fraction of sp³-hybridized carbons (Fsp3) is 0.188. The lowest BCUT2D eigenvalue weighted by molar-refractivity contribution is -0.116. The molecular formula is C16H16Br2N2O. The van der Waals surface area contributed by atoms with Crippen LogP contribution in [-0.2, 0) is 4.79 Å². The van der Waals surface area contributed by atoms with Crippen LogP contribution in [0.5, 0.6) is 0 Å². The summed E-state index contributed by atoms with van der Waals surface area (Å²) in [5, 5.41) is 6.10. The number of halogens is 2. The Morgan fingerprint density at radius 2 is 1.62 bits per heavy atom. The molecule has 0 aromatic heterocycles. The number of nitrogens with one attached hydrogen (secondary N) is 2. The molecule has 0 radical (unpaired) electrons. The van der Waals surface area contributed by atoms with E-state index >= 15 is 0 Å². The molecular weight excluding hydrogens is 396 g/mol. The van der Waals surface area contributed by atoms with Crippen molar-refractivity contribution in [3.05, 3.63) is 57.0 Å². The minimum Gasteiger partial charge on any atom is -0.372 e. The number of carbonyl (C=O) groups is 1. The highest BCUT2D eigenvalue weighted by Gasteiger charge is 2.15. The Kier molecular flexibility index (Phi) is 5.42. The van der Waals surface area contributed by atoms with E-state index in [1.807, 2.05) is 56.3 Å². The van der Waals surface area contributed by atoms with Crippen LogP contribution >= 0.6 is 31.9 Å². The smallest absolute Gasteiger partial charge is 0.246 e. The summed E-state index contributed by atoms with van der Waals surface area (Å²) in [7, 11) is 0. The average Bonchev–Trinajstić information content (AvgIpc) is 2.45. The van der Waals surface area contributed by atoms with Gasteiger partial charge in [0.1, 0.15) is 6.04 Å². The van der Waals surface area contributed by atoms with Crippen molar-refractivity contribution in [2.45, 2.75) is 19.9 Å². The summed E-state index contributed by atoms with van der Waals surface area (Å²) < 4.78 is 1.82. The topological polar surface area (TPSA) is 41.1 Å². The summed E-state index contributed by atoms with van der Waals surface area (Å²) in [5.41, 5.74) is 2.82. The van der Waals surface area contributed by atoms with E-state index in [4.69, 9.17) is 0 Å². The molecule has 0 fully saturated rings. The summed E-state index contributed by atoms with van der Waals surface area (Å²) >= 11 is 6.95. The Balaban J connectivity index is 2.04. The number of anilines is 2. The SMILES string of the molecule is Cc1ccc(NC(=O)C(C)Nc2c(Br)cccc2Br)cc1. The highest BCUT2D eigenvalue weighted by molar-refractivity contribution is 9.11. The van der Waals surface area contributed by atoms with Crippen molar-refractivity contribution >= 4 is 49.1 Å². The van der Waals surface area contributed by atoms with Crippen molar-refractivity contribution in [2.24, 2.45) is 0 Å². The lowest BCUT2D eigenvalue weighted by Crippen LogP contribution is -2.32. The van der Waals surface area contributed by atoms with Crippen LogP contribution in [0.15, 0.2) is 51.4 Å². The number of aryl methyl sites for hydroxylation is 1. The molecule has 21 heavy (non-hydrogen) atoms. The third kappa shape index (κ3) is 4.32. The van der Waals surface area contributed by atoms with Gasteiger partial charge in [-0.25, -0.2) is 0 Å². The fourth-order valence-electron chi connectivity index (χ4n) is 1.81. The van der Waals surface area contributed by atoms with E-state index in [-0.39, 0.29) is 11.9 Å². The number of carbonyl (C=O) groups excluding carboxylic acids is 1. The molecule has 0 saturated heterocycles. The largest absolute Gasteiger partial charge is 0.372 e. The first-order chi connectivity index (χ1) is 9.97. The van der Waals surface area contributed by atoms with Crippen molar-refractivity contribution in [1.29, 1.82) is 0 Å². The van der Waals surface area contributed by atoms with Gasteiger partial charge in [-0.15, -0.1) is 0 Å². The van der Waals surface area contributed by atoms with E-state index in [2.05, 4.69) is 42.5 Å². The zero-order valence-electron chi connectivity index (χ0n) is 11.8. The zero-order chi connectivity index (χ0) is 15.4. The molecule has 1 unspecified atom stereocenters. The van der Waals surface area contributed by atoms with Crippen LogP contribution in [0.4, 0.5) is 11.4 Å². The second-order valence-corrected chi connectivity index (χ2v) is 6.53. The lowest BCUT2D eigenvalue weighted by Gasteiger charge is -2.17. The van der Waals surface area contributed by atoms with Gasteiger partial charge in [0.2, 0.25) is 5.91 Å². The molecule has 1 atom stereocenters. The fourth-order valence-corrected chi connectivity index (χ4v) is 3.03.